The largest absolute Gasteiger partial charge is 0.394 e. The van der Waals surface area contributed by atoms with Crippen molar-refractivity contribution in [3.05, 3.63) is 16.1 Å². The first-order valence-corrected chi connectivity index (χ1v) is 4.26. The minimum atomic E-state index is 0.195. The molecule has 0 aliphatic carbocycles. The van der Waals surface area contributed by atoms with Gasteiger partial charge >= 0.3 is 0 Å². The van der Waals surface area contributed by atoms with Gasteiger partial charge in [-0.1, -0.05) is 37.0 Å². The molecule has 1 aromatic rings. The van der Waals surface area contributed by atoms with Gasteiger partial charge in [0.2, 0.25) is 0 Å². The second-order valence-corrected chi connectivity index (χ2v) is 3.45. The van der Waals surface area contributed by atoms with Gasteiger partial charge in [0, 0.05) is 5.92 Å². The number of anilines is 1. The Kier molecular flexibility index (Phi) is 2.75. The number of hydrogen-bond donors (Lipinski definition) is 1. The number of hydrogen-bond acceptors (Lipinski definition) is 3. The second kappa shape index (κ2) is 3.46. The molecule has 2 N–H and O–H groups in total. The zero-order valence-corrected chi connectivity index (χ0v) is 8.32. The Balaban J connectivity index is 3.21. The summed E-state index contributed by atoms with van der Waals surface area (Å²) >= 11 is 11.4. The topological polar surface area (TPSA) is 51.8 Å². The molecule has 1 rings (SSSR count). The van der Waals surface area contributed by atoms with Crippen molar-refractivity contribution in [1.29, 1.82) is 0 Å². The molecule has 0 bridgehead atoms. The van der Waals surface area contributed by atoms with Gasteiger partial charge in [-0.25, -0.2) is 9.97 Å². The van der Waals surface area contributed by atoms with Crippen LogP contribution in [0.3, 0.4) is 0 Å². The van der Waals surface area contributed by atoms with E-state index >= 15 is 0 Å². The van der Waals surface area contributed by atoms with Gasteiger partial charge in [-0.2, -0.15) is 0 Å². The molecule has 3 nitrogen and oxygen atoms in total. The summed E-state index contributed by atoms with van der Waals surface area (Å²) in [5.74, 6) is 0.805. The van der Waals surface area contributed by atoms with E-state index in [4.69, 9.17) is 28.9 Å². The summed E-state index contributed by atoms with van der Waals surface area (Å²) in [5.41, 5.74) is 5.70. The maximum atomic E-state index is 5.70. The zero-order chi connectivity index (χ0) is 9.30. The first-order valence-electron chi connectivity index (χ1n) is 3.50. The molecule has 0 radical (unpaired) electrons. The van der Waals surface area contributed by atoms with Crippen molar-refractivity contribution in [1.82, 2.24) is 9.97 Å². The van der Waals surface area contributed by atoms with Gasteiger partial charge < -0.3 is 5.73 Å². The van der Waals surface area contributed by atoms with E-state index in [0.717, 1.165) is 0 Å². The highest BCUT2D eigenvalue weighted by Crippen LogP contribution is 2.25. The van der Waals surface area contributed by atoms with Gasteiger partial charge in [0.05, 0.1) is 0 Å². The molecule has 0 aliphatic rings. The third-order valence-corrected chi connectivity index (χ3v) is 1.96. The van der Waals surface area contributed by atoms with Gasteiger partial charge in [0.25, 0.3) is 0 Å². The van der Waals surface area contributed by atoms with Crippen LogP contribution >= 0.6 is 23.2 Å². The lowest BCUT2D eigenvalue weighted by molar-refractivity contribution is 0.775. The monoisotopic (exact) mass is 205 g/mol. The lowest BCUT2D eigenvalue weighted by Crippen LogP contribution is -2.01. The first-order chi connectivity index (χ1) is 5.52. The van der Waals surface area contributed by atoms with Crippen molar-refractivity contribution in [3.63, 3.8) is 0 Å². The van der Waals surface area contributed by atoms with Crippen molar-refractivity contribution >= 4 is 28.9 Å². The molecule has 0 spiro atoms. The molecule has 0 unspecified atom stereocenters. The average molecular weight is 206 g/mol. The highest BCUT2D eigenvalue weighted by Gasteiger charge is 2.10. The number of nitrogens with zero attached hydrogens (tertiary/aromatic N) is 2. The summed E-state index contributed by atoms with van der Waals surface area (Å²) in [6.45, 7) is 3.91. The summed E-state index contributed by atoms with van der Waals surface area (Å²) in [4.78, 5) is 7.96. The van der Waals surface area contributed by atoms with Crippen LogP contribution in [0.1, 0.15) is 25.6 Å². The highest BCUT2D eigenvalue weighted by molar-refractivity contribution is 6.37. The molecular weight excluding hydrogens is 197 g/mol. The summed E-state index contributed by atoms with van der Waals surface area (Å²) in [5, 5.41) is 0.442. The van der Waals surface area contributed by atoms with E-state index in [0.29, 0.717) is 5.82 Å². The Hall–Kier alpha value is -0.540. The SMILES string of the molecule is CC(C)c1nc(Cl)c(N)c(Cl)n1. The minimum absolute atomic E-state index is 0.195. The van der Waals surface area contributed by atoms with E-state index < -0.39 is 0 Å². The van der Waals surface area contributed by atoms with E-state index in [1.165, 1.54) is 0 Å². The number of halogens is 2. The van der Waals surface area contributed by atoms with Gasteiger partial charge in [-0.15, -0.1) is 0 Å². The summed E-state index contributed by atoms with van der Waals surface area (Å²) < 4.78 is 0. The normalized spacial score (nSPS) is 10.8. The molecule has 66 valence electrons. The number of nitrogens with two attached hydrogens (primary N) is 1. The van der Waals surface area contributed by atoms with Crippen molar-refractivity contribution in [2.75, 3.05) is 5.73 Å². The molecular formula is C7H9Cl2N3. The van der Waals surface area contributed by atoms with Crippen molar-refractivity contribution < 1.29 is 0 Å². The van der Waals surface area contributed by atoms with Crippen molar-refractivity contribution in [2.24, 2.45) is 0 Å². The summed E-state index contributed by atoms with van der Waals surface area (Å²) in [6.07, 6.45) is 0. The van der Waals surface area contributed by atoms with Gasteiger partial charge in [0.1, 0.15) is 11.5 Å². The molecule has 0 fully saturated rings. The summed E-state index contributed by atoms with van der Waals surface area (Å²) in [7, 11) is 0. The zero-order valence-electron chi connectivity index (χ0n) is 6.81. The number of rotatable bonds is 1. The van der Waals surface area contributed by atoms with E-state index in [2.05, 4.69) is 9.97 Å². The van der Waals surface area contributed by atoms with E-state index in [1.54, 1.807) is 0 Å². The average Bonchev–Trinajstić information content (AvgIpc) is 1.99. The van der Waals surface area contributed by atoms with E-state index in [9.17, 15) is 0 Å². The fraction of sp³-hybridized carbons (Fsp3) is 0.429. The molecule has 0 saturated carbocycles. The van der Waals surface area contributed by atoms with Crippen LogP contribution in [0.4, 0.5) is 5.69 Å². The van der Waals surface area contributed by atoms with Crippen LogP contribution in [0.25, 0.3) is 0 Å². The standard InChI is InChI=1S/C7H9Cl2N3/c1-3(2)7-11-5(8)4(10)6(9)12-7/h3H,10H2,1-2H3. The maximum Gasteiger partial charge on any atom is 0.157 e. The van der Waals surface area contributed by atoms with E-state index in [1.807, 2.05) is 13.8 Å². The maximum absolute atomic E-state index is 5.70. The van der Waals surface area contributed by atoms with Crippen LogP contribution in [0.5, 0.6) is 0 Å². The lowest BCUT2D eigenvalue weighted by atomic mass is 10.2. The Morgan fingerprint density at radius 2 is 1.58 bits per heavy atom. The fourth-order valence-corrected chi connectivity index (χ4v) is 1.09. The second-order valence-electron chi connectivity index (χ2n) is 2.73. The Bertz CT molecular complexity index is 276. The van der Waals surface area contributed by atoms with Crippen molar-refractivity contribution in [2.45, 2.75) is 19.8 Å². The smallest absolute Gasteiger partial charge is 0.157 e. The molecule has 1 heterocycles. The number of nitrogen functional groups attached to an aromatic ring is 1. The van der Waals surface area contributed by atoms with Crippen molar-refractivity contribution in [3.8, 4) is 0 Å². The molecule has 1 aromatic heterocycles. The minimum Gasteiger partial charge on any atom is -0.394 e. The lowest BCUT2D eigenvalue weighted by Gasteiger charge is -2.06. The fourth-order valence-electron chi connectivity index (χ4n) is 0.690. The van der Waals surface area contributed by atoms with Gasteiger partial charge in [-0.3, -0.25) is 0 Å². The third-order valence-electron chi connectivity index (χ3n) is 1.39. The third kappa shape index (κ3) is 1.79. The van der Waals surface area contributed by atoms with Gasteiger partial charge in [-0.05, 0) is 0 Å². The molecule has 5 heteroatoms. The Morgan fingerprint density at radius 1 is 1.17 bits per heavy atom. The predicted molar refractivity (Wildman–Crippen MR) is 50.6 cm³/mol. The molecule has 12 heavy (non-hydrogen) atoms. The summed E-state index contributed by atoms with van der Waals surface area (Å²) in [6, 6.07) is 0. The Labute approximate surface area is 80.9 Å². The van der Waals surface area contributed by atoms with E-state index in [-0.39, 0.29) is 21.9 Å². The number of aromatic nitrogens is 2. The quantitative estimate of drug-likeness (QED) is 0.718. The van der Waals surface area contributed by atoms with Crippen LogP contribution in [-0.4, -0.2) is 9.97 Å². The van der Waals surface area contributed by atoms with Crippen LogP contribution in [0.2, 0.25) is 10.3 Å². The highest BCUT2D eigenvalue weighted by atomic mass is 35.5. The van der Waals surface area contributed by atoms with Gasteiger partial charge in [0.15, 0.2) is 10.3 Å². The molecule has 0 aliphatic heterocycles. The molecule has 0 aromatic carbocycles. The predicted octanol–water partition coefficient (Wildman–Crippen LogP) is 2.49. The molecule has 0 amide bonds. The molecule has 0 saturated heterocycles. The molecule has 0 atom stereocenters. The van der Waals surface area contributed by atoms with Crippen LogP contribution in [0, 0.1) is 0 Å². The van der Waals surface area contributed by atoms with Crippen LogP contribution in [0.15, 0.2) is 0 Å². The van der Waals surface area contributed by atoms with Crippen LogP contribution in [-0.2, 0) is 0 Å². The Morgan fingerprint density at radius 3 is 1.92 bits per heavy atom. The first kappa shape index (κ1) is 9.55. The van der Waals surface area contributed by atoms with Crippen LogP contribution < -0.4 is 5.73 Å².